The average Bonchev–Trinajstić information content (AvgIpc) is 3.31. The van der Waals surface area contributed by atoms with Crippen molar-refractivity contribution in [2.75, 3.05) is 29.0 Å². The standard InChI is InChI=1S/C27H36F4IN5O3Si/c1-41(2,3)9-8-40-17-37-26(39)25(27(29,30)31)23(14-34-37)36-15-19-10-18(22(28)11-20(19)16-36)13-33-21-4-6-35(7-5-21)24(38)12-32/h10-11,14,21,33H,4-9,12-13,15-17H2,1-3H3. The molecule has 1 aromatic heterocycles. The van der Waals surface area contributed by atoms with Crippen LogP contribution in [0.3, 0.4) is 0 Å². The molecular weight excluding hydrogens is 673 g/mol. The van der Waals surface area contributed by atoms with E-state index in [1.54, 1.807) is 6.07 Å². The zero-order valence-electron chi connectivity index (χ0n) is 23.5. The number of rotatable bonds is 10. The normalized spacial score (nSPS) is 16.4. The van der Waals surface area contributed by atoms with Gasteiger partial charge in [0, 0.05) is 59.0 Å². The summed E-state index contributed by atoms with van der Waals surface area (Å²) in [5.41, 5.74) is -1.19. The Morgan fingerprint density at radius 3 is 2.44 bits per heavy atom. The minimum atomic E-state index is -4.90. The van der Waals surface area contributed by atoms with Gasteiger partial charge in [-0.05, 0) is 42.1 Å². The van der Waals surface area contributed by atoms with Gasteiger partial charge in [0.05, 0.1) is 16.3 Å². The van der Waals surface area contributed by atoms with Gasteiger partial charge in [0.25, 0.3) is 5.56 Å². The molecule has 8 nitrogen and oxygen atoms in total. The molecule has 1 saturated heterocycles. The van der Waals surface area contributed by atoms with Crippen LogP contribution in [0.25, 0.3) is 0 Å². The molecule has 14 heteroatoms. The Labute approximate surface area is 251 Å². The molecule has 1 N–H and O–H groups in total. The van der Waals surface area contributed by atoms with Crippen LogP contribution in [0.2, 0.25) is 25.7 Å². The number of hydrogen-bond acceptors (Lipinski definition) is 6. The van der Waals surface area contributed by atoms with Crippen LogP contribution in [0.1, 0.15) is 35.1 Å². The largest absolute Gasteiger partial charge is 0.423 e. The quantitative estimate of drug-likeness (QED) is 0.126. The number of ether oxygens (including phenoxy) is 1. The van der Waals surface area contributed by atoms with E-state index in [0.717, 1.165) is 25.1 Å². The number of nitrogens with zero attached hydrogens (tertiary/aromatic N) is 4. The Morgan fingerprint density at radius 2 is 1.83 bits per heavy atom. The Kier molecular flexibility index (Phi) is 10.2. The molecule has 0 radical (unpaired) electrons. The highest BCUT2D eigenvalue weighted by atomic mass is 127. The lowest BCUT2D eigenvalue weighted by Gasteiger charge is -2.32. The Bertz CT molecular complexity index is 1310. The predicted octanol–water partition coefficient (Wildman–Crippen LogP) is 4.75. The molecular formula is C27H36F4IN5O3Si. The molecule has 1 aromatic carbocycles. The summed E-state index contributed by atoms with van der Waals surface area (Å²) < 4.78 is 63.9. The van der Waals surface area contributed by atoms with E-state index in [4.69, 9.17) is 4.74 Å². The van der Waals surface area contributed by atoms with Crippen molar-refractivity contribution in [3.05, 3.63) is 56.8 Å². The molecule has 2 aromatic rings. The van der Waals surface area contributed by atoms with Gasteiger partial charge in [0.15, 0.2) is 0 Å². The van der Waals surface area contributed by atoms with Crippen LogP contribution in [0, 0.1) is 5.82 Å². The van der Waals surface area contributed by atoms with Gasteiger partial charge in [-0.25, -0.2) is 9.07 Å². The lowest BCUT2D eigenvalue weighted by Crippen LogP contribution is -2.45. The summed E-state index contributed by atoms with van der Waals surface area (Å²) in [6.07, 6.45) is -2.32. The number of amides is 1. The van der Waals surface area contributed by atoms with Gasteiger partial charge in [-0.3, -0.25) is 9.59 Å². The summed E-state index contributed by atoms with van der Waals surface area (Å²) in [6, 6.07) is 4.00. The Balaban J connectivity index is 1.44. The van der Waals surface area contributed by atoms with Gasteiger partial charge in [0.1, 0.15) is 18.1 Å². The Hall–Kier alpha value is -2.04. The number of hydrogen-bond donors (Lipinski definition) is 1. The maximum absolute atomic E-state index is 15.0. The number of carbonyl (C=O) groups excluding carboxylic acids is 1. The molecule has 2 aliphatic heterocycles. The van der Waals surface area contributed by atoms with Gasteiger partial charge in [0.2, 0.25) is 5.91 Å². The van der Waals surface area contributed by atoms with Crippen molar-refractivity contribution in [3.63, 3.8) is 0 Å². The van der Waals surface area contributed by atoms with E-state index in [0.29, 0.717) is 45.5 Å². The average molecular weight is 710 g/mol. The van der Waals surface area contributed by atoms with Crippen molar-refractivity contribution in [2.45, 2.75) is 77.1 Å². The van der Waals surface area contributed by atoms with Crippen molar-refractivity contribution in [3.8, 4) is 0 Å². The second-order valence-corrected chi connectivity index (χ2v) is 18.2. The lowest BCUT2D eigenvalue weighted by molar-refractivity contribution is -0.139. The highest BCUT2D eigenvalue weighted by Crippen LogP contribution is 2.37. The number of aromatic nitrogens is 2. The van der Waals surface area contributed by atoms with E-state index in [1.807, 2.05) is 4.90 Å². The van der Waals surface area contributed by atoms with Crippen LogP contribution < -0.4 is 15.8 Å². The monoisotopic (exact) mass is 709 g/mol. The van der Waals surface area contributed by atoms with Gasteiger partial charge in [-0.15, -0.1) is 0 Å². The van der Waals surface area contributed by atoms with E-state index in [-0.39, 0.29) is 44.0 Å². The number of nitrogens with one attached hydrogen (secondary N) is 1. The van der Waals surface area contributed by atoms with Crippen molar-refractivity contribution in [1.82, 2.24) is 20.0 Å². The third kappa shape index (κ3) is 8.08. The van der Waals surface area contributed by atoms with Crippen LogP contribution in [0.15, 0.2) is 23.1 Å². The fourth-order valence-corrected chi connectivity index (χ4v) is 6.30. The molecule has 0 aliphatic carbocycles. The summed E-state index contributed by atoms with van der Waals surface area (Å²) in [5, 5.41) is 7.33. The molecule has 226 valence electrons. The van der Waals surface area contributed by atoms with Gasteiger partial charge >= 0.3 is 6.18 Å². The van der Waals surface area contributed by atoms with E-state index < -0.39 is 31.2 Å². The van der Waals surface area contributed by atoms with Crippen molar-refractivity contribution >= 4 is 42.3 Å². The van der Waals surface area contributed by atoms with Gasteiger partial charge in [-0.1, -0.05) is 42.2 Å². The zero-order chi connectivity index (χ0) is 29.9. The maximum Gasteiger partial charge on any atom is 0.423 e. The summed E-state index contributed by atoms with van der Waals surface area (Å²) in [7, 11) is -1.40. The topological polar surface area (TPSA) is 79.7 Å². The van der Waals surface area contributed by atoms with E-state index in [2.05, 4.69) is 52.6 Å². The number of anilines is 1. The predicted molar refractivity (Wildman–Crippen MR) is 159 cm³/mol. The van der Waals surface area contributed by atoms with Crippen molar-refractivity contribution in [1.29, 1.82) is 0 Å². The molecule has 1 fully saturated rings. The summed E-state index contributed by atoms with van der Waals surface area (Å²) >= 11 is 2.05. The third-order valence-corrected chi connectivity index (χ3v) is 9.85. The van der Waals surface area contributed by atoms with Crippen LogP contribution in [-0.2, 0) is 42.1 Å². The number of piperidine rings is 1. The van der Waals surface area contributed by atoms with E-state index in [9.17, 15) is 27.2 Å². The maximum atomic E-state index is 15.0. The summed E-state index contributed by atoms with van der Waals surface area (Å²) in [4.78, 5) is 28.0. The first kappa shape index (κ1) is 31.9. The fourth-order valence-electron chi connectivity index (χ4n) is 5.06. The van der Waals surface area contributed by atoms with Gasteiger partial charge < -0.3 is 19.9 Å². The zero-order valence-corrected chi connectivity index (χ0v) is 26.6. The minimum absolute atomic E-state index is 0.0319. The molecule has 0 unspecified atom stereocenters. The van der Waals surface area contributed by atoms with Crippen molar-refractivity contribution in [2.24, 2.45) is 0 Å². The highest BCUT2D eigenvalue weighted by Gasteiger charge is 2.40. The van der Waals surface area contributed by atoms with Crippen LogP contribution in [0.5, 0.6) is 0 Å². The molecule has 3 heterocycles. The smallest absolute Gasteiger partial charge is 0.361 e. The molecule has 0 saturated carbocycles. The first-order valence-corrected chi connectivity index (χ1v) is 18.9. The van der Waals surface area contributed by atoms with Gasteiger partial charge in [-0.2, -0.15) is 18.3 Å². The molecule has 41 heavy (non-hydrogen) atoms. The summed E-state index contributed by atoms with van der Waals surface area (Å²) in [5.74, 6) is -0.319. The first-order valence-electron chi connectivity index (χ1n) is 13.6. The highest BCUT2D eigenvalue weighted by molar-refractivity contribution is 14.1. The molecule has 0 spiro atoms. The fraction of sp³-hybridized carbons (Fsp3) is 0.593. The lowest BCUT2D eigenvalue weighted by atomic mass is 10.0. The number of carbonyl (C=O) groups is 1. The number of halogens is 5. The first-order chi connectivity index (χ1) is 19.3. The second kappa shape index (κ2) is 13.1. The molecule has 1 amide bonds. The number of alkyl halides is 4. The molecule has 0 bridgehead atoms. The Morgan fingerprint density at radius 1 is 1.17 bits per heavy atom. The molecule has 2 aliphatic rings. The van der Waals surface area contributed by atoms with Crippen molar-refractivity contribution < 1.29 is 27.1 Å². The summed E-state index contributed by atoms with van der Waals surface area (Å²) in [6.45, 7) is 8.14. The number of fused-ring (bicyclic) bond motifs is 1. The minimum Gasteiger partial charge on any atom is -0.361 e. The van der Waals surface area contributed by atoms with Crippen LogP contribution in [0.4, 0.5) is 23.2 Å². The number of benzene rings is 1. The third-order valence-electron chi connectivity index (χ3n) is 7.49. The van der Waals surface area contributed by atoms with E-state index in [1.165, 1.54) is 11.0 Å². The van der Waals surface area contributed by atoms with Crippen LogP contribution in [-0.4, -0.2) is 58.8 Å². The molecule has 0 atom stereocenters. The van der Waals surface area contributed by atoms with E-state index >= 15 is 0 Å². The SMILES string of the molecule is C[Si](C)(C)CCOCn1ncc(N2Cc3cc(F)c(CNC4CCN(C(=O)CI)CC4)cc3C2)c(C(F)(F)F)c1=O. The number of likely N-dealkylation sites (tertiary alicyclic amines) is 1. The second-order valence-electron chi connectivity index (χ2n) is 11.8. The molecule has 4 rings (SSSR count). The van der Waals surface area contributed by atoms with Crippen LogP contribution >= 0.6 is 22.6 Å².